The van der Waals surface area contributed by atoms with Crippen molar-refractivity contribution in [3.05, 3.63) is 23.3 Å². The fourth-order valence-corrected chi connectivity index (χ4v) is 8.44. The van der Waals surface area contributed by atoms with Gasteiger partial charge in [-0.05, 0) is 120 Å². The highest BCUT2D eigenvalue weighted by atomic mass is 16.7. The molecule has 0 radical (unpaired) electrons. The topological polar surface area (TPSA) is 258 Å². The third kappa shape index (κ3) is 12.3. The molecule has 16 heteroatoms. The van der Waals surface area contributed by atoms with Crippen LogP contribution in [0.1, 0.15) is 120 Å². The van der Waals surface area contributed by atoms with Crippen LogP contribution in [0.3, 0.4) is 0 Å². The van der Waals surface area contributed by atoms with Crippen LogP contribution in [0, 0.1) is 0 Å². The summed E-state index contributed by atoms with van der Waals surface area (Å²) in [4.78, 5) is 0. The molecule has 0 amide bonds. The van der Waals surface area contributed by atoms with Gasteiger partial charge in [0, 0.05) is 0 Å². The lowest BCUT2D eigenvalue weighted by Crippen LogP contribution is -2.62. The highest BCUT2D eigenvalue weighted by molar-refractivity contribution is 5.05. The number of hydrogen-bond acceptors (Lipinski definition) is 16. The van der Waals surface area contributed by atoms with E-state index in [0.29, 0.717) is 51.4 Å². The molecule has 16 atom stereocenters. The Morgan fingerprint density at radius 2 is 0.931 bits per heavy atom. The molecule has 0 saturated carbocycles. The Bertz CT molecular complexity index is 1250. The van der Waals surface area contributed by atoms with E-state index in [2.05, 4.69) is 26.0 Å². The standard InChI is InChI=1S/C42H74O16/c1-23(13-15-29-41(7,51)19-17-27(55-29)39(3,4)57-37-35(49)33(47)31(45)25(21-43)53-37)11-9-10-12-24(2)14-16-30-42(8,52)20-18-28(56-30)40(5,6)58-38-36(50)34(48)32(46)26(22-44)54-38/h11-12,25-38,43-52H,9-10,13-22H2,1-8H3/b23-11+,24-12+/t25-,26-,27?,28?,29?,30?,31-,32-,33+,34+,35+,36+,37+,38+,41?,42?/m1/s1. The van der Waals surface area contributed by atoms with Crippen molar-refractivity contribution in [2.24, 2.45) is 0 Å². The van der Waals surface area contributed by atoms with Crippen molar-refractivity contribution >= 4 is 0 Å². The molecule has 0 aromatic carbocycles. The Labute approximate surface area is 343 Å². The van der Waals surface area contributed by atoms with Crippen molar-refractivity contribution < 1.29 is 79.5 Å². The first-order valence-corrected chi connectivity index (χ1v) is 21.0. The third-order valence-corrected chi connectivity index (χ3v) is 12.7. The van der Waals surface area contributed by atoms with Gasteiger partial charge in [-0.15, -0.1) is 0 Å². The van der Waals surface area contributed by atoms with E-state index in [1.807, 2.05) is 0 Å². The quantitative estimate of drug-likeness (QED) is 0.0725. The van der Waals surface area contributed by atoms with Crippen molar-refractivity contribution in [1.29, 1.82) is 0 Å². The van der Waals surface area contributed by atoms with Crippen LogP contribution in [0.5, 0.6) is 0 Å². The lowest BCUT2D eigenvalue weighted by molar-refractivity contribution is -0.339. The molecule has 4 fully saturated rings. The normalized spacial score (nSPS) is 42.4. The Morgan fingerprint density at radius 3 is 1.26 bits per heavy atom. The predicted octanol–water partition coefficient (Wildman–Crippen LogP) is 1.01. The van der Waals surface area contributed by atoms with Gasteiger partial charge < -0.3 is 79.5 Å². The molecule has 4 aliphatic heterocycles. The summed E-state index contributed by atoms with van der Waals surface area (Å²) in [6, 6.07) is 0. The molecule has 0 aromatic rings. The summed E-state index contributed by atoms with van der Waals surface area (Å²) in [5.74, 6) is 0. The lowest BCUT2D eigenvalue weighted by atomic mass is 9.82. The molecule has 4 rings (SSSR count). The summed E-state index contributed by atoms with van der Waals surface area (Å²) in [5.41, 5.74) is -1.79. The number of ether oxygens (including phenoxy) is 6. The Morgan fingerprint density at radius 1 is 0.586 bits per heavy atom. The molecular weight excluding hydrogens is 760 g/mol. The van der Waals surface area contributed by atoms with Gasteiger partial charge in [-0.3, -0.25) is 0 Å². The van der Waals surface area contributed by atoms with Crippen molar-refractivity contribution in [3.63, 3.8) is 0 Å². The van der Waals surface area contributed by atoms with E-state index in [1.165, 1.54) is 0 Å². The first-order valence-electron chi connectivity index (χ1n) is 21.0. The minimum atomic E-state index is -1.55. The molecule has 0 aromatic heterocycles. The molecule has 0 aliphatic carbocycles. The summed E-state index contributed by atoms with van der Waals surface area (Å²) in [7, 11) is 0. The summed E-state index contributed by atoms with van der Waals surface area (Å²) in [6.45, 7) is 13.7. The number of hydrogen-bond donors (Lipinski definition) is 10. The van der Waals surface area contributed by atoms with E-state index in [9.17, 15) is 51.1 Å². The number of allylic oxidation sites excluding steroid dienone is 4. The van der Waals surface area contributed by atoms with Crippen LogP contribution in [0.25, 0.3) is 0 Å². The summed E-state index contributed by atoms with van der Waals surface area (Å²) < 4.78 is 36.2. The Hall–Kier alpha value is -1.16. The molecule has 0 spiro atoms. The van der Waals surface area contributed by atoms with E-state index in [1.54, 1.807) is 41.5 Å². The van der Waals surface area contributed by atoms with Crippen LogP contribution >= 0.6 is 0 Å². The second kappa shape index (κ2) is 20.4. The second-order valence-electron chi connectivity index (χ2n) is 18.6. The SMILES string of the molecule is C/C(=C\CC/C=C(\C)CCC1OC(C(C)(C)O[C@@H]2O[C@H](CO)[C@@H](O)[C@H](O)[C@@H]2O)CCC1(C)O)CCC1OC(C(C)(C)O[C@@H]2O[C@H](CO)[C@@H](O)[C@H](O)[C@@H]2O)CCC1(C)O. The van der Waals surface area contributed by atoms with Crippen molar-refractivity contribution in [1.82, 2.24) is 0 Å². The average Bonchev–Trinajstić information content (AvgIpc) is 3.15. The van der Waals surface area contributed by atoms with E-state index in [-0.39, 0.29) is 0 Å². The molecule has 4 saturated heterocycles. The first kappa shape index (κ1) is 49.5. The number of aliphatic hydroxyl groups is 10. The van der Waals surface area contributed by atoms with E-state index in [0.717, 1.165) is 24.0 Å². The Balaban J connectivity index is 1.24. The van der Waals surface area contributed by atoms with Gasteiger partial charge in [-0.25, -0.2) is 0 Å². The maximum absolute atomic E-state index is 11.2. The van der Waals surface area contributed by atoms with Gasteiger partial charge in [0.25, 0.3) is 0 Å². The van der Waals surface area contributed by atoms with Gasteiger partial charge in [-0.1, -0.05) is 23.3 Å². The first-order chi connectivity index (χ1) is 26.9. The smallest absolute Gasteiger partial charge is 0.187 e. The third-order valence-electron chi connectivity index (χ3n) is 12.7. The molecule has 4 heterocycles. The van der Waals surface area contributed by atoms with Crippen LogP contribution in [0.15, 0.2) is 23.3 Å². The maximum Gasteiger partial charge on any atom is 0.187 e. The van der Waals surface area contributed by atoms with Gasteiger partial charge in [0.05, 0.1) is 60.0 Å². The zero-order valence-corrected chi connectivity index (χ0v) is 35.6. The monoisotopic (exact) mass is 834 g/mol. The van der Waals surface area contributed by atoms with Gasteiger partial charge in [0.1, 0.15) is 48.8 Å². The second-order valence-corrected chi connectivity index (χ2v) is 18.6. The van der Waals surface area contributed by atoms with Gasteiger partial charge in [0.15, 0.2) is 12.6 Å². The molecule has 6 unspecified atom stereocenters. The van der Waals surface area contributed by atoms with E-state index >= 15 is 0 Å². The zero-order chi connectivity index (χ0) is 43.4. The highest BCUT2D eigenvalue weighted by Gasteiger charge is 2.51. The molecule has 0 bridgehead atoms. The van der Waals surface area contributed by atoms with Crippen LogP contribution in [-0.2, 0) is 28.4 Å². The molecule has 16 nitrogen and oxygen atoms in total. The molecule has 58 heavy (non-hydrogen) atoms. The molecule has 4 aliphatic rings. The summed E-state index contributed by atoms with van der Waals surface area (Å²) in [6.07, 6.45) is -5.37. The number of rotatable bonds is 17. The minimum absolute atomic E-state index is 0.465. The van der Waals surface area contributed by atoms with Crippen molar-refractivity contribution in [2.45, 2.75) is 228 Å². The largest absolute Gasteiger partial charge is 0.394 e. The van der Waals surface area contributed by atoms with Crippen LogP contribution in [-0.4, -0.2) is 173 Å². The lowest BCUT2D eigenvalue weighted by Gasteiger charge is -2.48. The fraction of sp³-hybridized carbons (Fsp3) is 0.905. The van der Waals surface area contributed by atoms with Gasteiger partial charge >= 0.3 is 0 Å². The molecular formula is C42H74O16. The van der Waals surface area contributed by atoms with Crippen LogP contribution in [0.2, 0.25) is 0 Å². The van der Waals surface area contributed by atoms with Crippen molar-refractivity contribution in [3.8, 4) is 0 Å². The maximum atomic E-state index is 11.2. The number of aliphatic hydroxyl groups excluding tert-OH is 8. The fourth-order valence-electron chi connectivity index (χ4n) is 8.44. The molecule has 338 valence electrons. The van der Waals surface area contributed by atoms with Gasteiger partial charge in [0.2, 0.25) is 0 Å². The van der Waals surface area contributed by atoms with Crippen LogP contribution < -0.4 is 0 Å². The van der Waals surface area contributed by atoms with E-state index in [4.69, 9.17) is 28.4 Å². The van der Waals surface area contributed by atoms with Gasteiger partial charge in [-0.2, -0.15) is 0 Å². The van der Waals surface area contributed by atoms with E-state index < -0.39 is 121 Å². The zero-order valence-electron chi connectivity index (χ0n) is 35.6. The average molecular weight is 835 g/mol. The summed E-state index contributed by atoms with van der Waals surface area (Å²) in [5, 5.41) is 103. The highest BCUT2D eigenvalue weighted by Crippen LogP contribution is 2.40. The van der Waals surface area contributed by atoms with Crippen LogP contribution in [0.4, 0.5) is 0 Å². The summed E-state index contributed by atoms with van der Waals surface area (Å²) >= 11 is 0. The predicted molar refractivity (Wildman–Crippen MR) is 210 cm³/mol. The number of unbranched alkanes of at least 4 members (excludes halogenated alkanes) is 1. The minimum Gasteiger partial charge on any atom is -0.394 e. The van der Waals surface area contributed by atoms with Crippen molar-refractivity contribution in [2.75, 3.05) is 13.2 Å². The Kier molecular flexibility index (Phi) is 17.4. The molecule has 10 N–H and O–H groups in total.